The van der Waals surface area contributed by atoms with Crippen LogP contribution in [-0.2, 0) is 14.3 Å². The fourth-order valence-corrected chi connectivity index (χ4v) is 0.424. The van der Waals surface area contributed by atoms with Gasteiger partial charge in [0.15, 0.2) is 0 Å². The predicted molar refractivity (Wildman–Crippen MR) is 36.5 cm³/mol. The summed E-state index contributed by atoms with van der Waals surface area (Å²) >= 11 is 0. The molecule has 0 aromatic carbocycles. The van der Waals surface area contributed by atoms with Crippen LogP contribution in [0, 0.1) is 0 Å². The molecule has 0 aromatic heterocycles. The zero-order valence-electron chi connectivity index (χ0n) is 6.29. The molecule has 0 N–H and O–H groups in total. The summed E-state index contributed by atoms with van der Waals surface area (Å²) in [4.78, 5) is 20.3. The number of rotatable bonds is 4. The van der Waals surface area contributed by atoms with Gasteiger partial charge in [0.25, 0.3) is 0 Å². The summed E-state index contributed by atoms with van der Waals surface area (Å²) in [6, 6.07) is 0. The minimum atomic E-state index is -0.440. The van der Waals surface area contributed by atoms with Gasteiger partial charge in [-0.25, -0.2) is 0 Å². The zero-order valence-corrected chi connectivity index (χ0v) is 6.29. The van der Waals surface area contributed by atoms with Crippen LogP contribution in [0.1, 0.15) is 26.7 Å². The molecule has 3 nitrogen and oxygen atoms in total. The van der Waals surface area contributed by atoms with E-state index in [1.165, 1.54) is 0 Å². The van der Waals surface area contributed by atoms with Gasteiger partial charge in [-0.15, -0.1) is 0 Å². The van der Waals surface area contributed by atoms with E-state index in [1.807, 2.05) is 6.92 Å². The van der Waals surface area contributed by atoms with Gasteiger partial charge in [0.1, 0.15) is 12.7 Å². The van der Waals surface area contributed by atoms with Gasteiger partial charge in [0.05, 0.1) is 6.10 Å². The zero-order chi connectivity index (χ0) is 7.98. The van der Waals surface area contributed by atoms with Gasteiger partial charge in [-0.2, -0.15) is 0 Å². The molecule has 0 saturated heterocycles. The number of hydrogen-bond donors (Lipinski definition) is 0. The highest BCUT2D eigenvalue weighted by Crippen LogP contribution is 1.96. The molecule has 10 heavy (non-hydrogen) atoms. The summed E-state index contributed by atoms with van der Waals surface area (Å²) in [6.07, 6.45) is 1.12. The Morgan fingerprint density at radius 1 is 1.70 bits per heavy atom. The van der Waals surface area contributed by atoms with E-state index in [9.17, 15) is 9.59 Å². The molecule has 0 saturated carbocycles. The summed E-state index contributed by atoms with van der Waals surface area (Å²) in [5, 5.41) is 0. The van der Waals surface area contributed by atoms with Gasteiger partial charge in [-0.3, -0.25) is 4.79 Å². The maximum atomic E-state index is 10.6. The lowest BCUT2D eigenvalue weighted by Gasteiger charge is -2.08. The van der Waals surface area contributed by atoms with Crippen molar-refractivity contribution in [3.8, 4) is 0 Å². The topological polar surface area (TPSA) is 43.4 Å². The number of esters is 1. The first-order valence-electron chi connectivity index (χ1n) is 3.33. The number of carbonyl (C=O) groups is 2. The Bertz CT molecular complexity index is 120. The average molecular weight is 144 g/mol. The molecule has 0 spiro atoms. The van der Waals surface area contributed by atoms with Crippen molar-refractivity contribution in [2.45, 2.75) is 32.8 Å². The second kappa shape index (κ2) is 4.97. The minimum absolute atomic E-state index is 0.0764. The third-order valence-corrected chi connectivity index (χ3v) is 1.16. The van der Waals surface area contributed by atoms with Crippen molar-refractivity contribution in [3.05, 3.63) is 0 Å². The summed E-state index contributed by atoms with van der Waals surface area (Å²) < 4.78 is 4.77. The number of carbonyl (C=O) groups excluding carboxylic acids is 2. The van der Waals surface area contributed by atoms with Crippen LogP contribution in [-0.4, -0.2) is 18.4 Å². The minimum Gasteiger partial charge on any atom is -0.462 e. The standard InChI is InChI=1S/C7H12O3/c1-3-6(2)10-7(9)4-5-8/h5-6H,3-4H2,1-2H3. The van der Waals surface area contributed by atoms with Crippen molar-refractivity contribution in [3.63, 3.8) is 0 Å². The maximum Gasteiger partial charge on any atom is 0.313 e. The van der Waals surface area contributed by atoms with Gasteiger partial charge >= 0.3 is 5.97 Å². The van der Waals surface area contributed by atoms with Crippen LogP contribution < -0.4 is 0 Å². The Morgan fingerprint density at radius 3 is 2.70 bits per heavy atom. The highest BCUT2D eigenvalue weighted by atomic mass is 16.5. The van der Waals surface area contributed by atoms with Crippen LogP contribution in [0.5, 0.6) is 0 Å². The maximum absolute atomic E-state index is 10.6. The molecule has 1 atom stereocenters. The molecule has 3 heteroatoms. The van der Waals surface area contributed by atoms with Gasteiger partial charge in [0.2, 0.25) is 0 Å². The predicted octanol–water partition coefficient (Wildman–Crippen LogP) is 0.917. The molecule has 58 valence electrons. The Balaban J connectivity index is 3.46. The molecule has 0 aliphatic rings. The van der Waals surface area contributed by atoms with Crippen molar-refractivity contribution in [2.75, 3.05) is 0 Å². The monoisotopic (exact) mass is 144 g/mol. The molecule has 0 radical (unpaired) electrons. The molecule has 0 aliphatic carbocycles. The third-order valence-electron chi connectivity index (χ3n) is 1.16. The van der Waals surface area contributed by atoms with E-state index in [0.29, 0.717) is 6.29 Å². The fourth-order valence-electron chi connectivity index (χ4n) is 0.424. The van der Waals surface area contributed by atoms with E-state index < -0.39 is 5.97 Å². The van der Waals surface area contributed by atoms with E-state index in [1.54, 1.807) is 6.92 Å². The molecule has 0 aromatic rings. The fraction of sp³-hybridized carbons (Fsp3) is 0.714. The van der Waals surface area contributed by atoms with Crippen molar-refractivity contribution in [2.24, 2.45) is 0 Å². The first-order valence-corrected chi connectivity index (χ1v) is 3.33. The molecular formula is C7H12O3. The Labute approximate surface area is 60.4 Å². The van der Waals surface area contributed by atoms with E-state index in [0.717, 1.165) is 6.42 Å². The van der Waals surface area contributed by atoms with E-state index >= 15 is 0 Å². The van der Waals surface area contributed by atoms with E-state index in [4.69, 9.17) is 4.74 Å². The van der Waals surface area contributed by atoms with Crippen molar-refractivity contribution in [1.29, 1.82) is 0 Å². The Hall–Kier alpha value is -0.860. The summed E-state index contributed by atoms with van der Waals surface area (Å²) in [7, 11) is 0. The lowest BCUT2D eigenvalue weighted by molar-refractivity contribution is -0.148. The third kappa shape index (κ3) is 4.06. The summed E-state index contributed by atoms with van der Waals surface area (Å²) in [5.41, 5.74) is 0. The van der Waals surface area contributed by atoms with Crippen LogP contribution in [0.15, 0.2) is 0 Å². The molecule has 0 fully saturated rings. The summed E-state index contributed by atoms with van der Waals surface area (Å²) in [5.74, 6) is -0.440. The molecular weight excluding hydrogens is 132 g/mol. The SMILES string of the molecule is CCC(C)OC(=O)CC=O. The normalized spacial score (nSPS) is 12.2. The second-order valence-corrected chi connectivity index (χ2v) is 2.08. The van der Waals surface area contributed by atoms with Crippen LogP contribution in [0.4, 0.5) is 0 Å². The van der Waals surface area contributed by atoms with Crippen molar-refractivity contribution < 1.29 is 14.3 Å². The van der Waals surface area contributed by atoms with E-state index in [2.05, 4.69) is 0 Å². The molecule has 0 amide bonds. The number of ether oxygens (including phenoxy) is 1. The number of hydrogen-bond acceptors (Lipinski definition) is 3. The van der Waals surface area contributed by atoms with Crippen LogP contribution in [0.2, 0.25) is 0 Å². The van der Waals surface area contributed by atoms with Gasteiger partial charge in [-0.05, 0) is 13.3 Å². The molecule has 0 bridgehead atoms. The van der Waals surface area contributed by atoms with Crippen LogP contribution in [0.3, 0.4) is 0 Å². The number of aldehydes is 1. The smallest absolute Gasteiger partial charge is 0.313 e. The first-order chi connectivity index (χ1) is 4.70. The second-order valence-electron chi connectivity index (χ2n) is 2.08. The van der Waals surface area contributed by atoms with Crippen molar-refractivity contribution in [1.82, 2.24) is 0 Å². The van der Waals surface area contributed by atoms with Gasteiger partial charge in [0, 0.05) is 0 Å². The largest absolute Gasteiger partial charge is 0.462 e. The van der Waals surface area contributed by atoms with Crippen LogP contribution in [0.25, 0.3) is 0 Å². The van der Waals surface area contributed by atoms with E-state index in [-0.39, 0.29) is 12.5 Å². The van der Waals surface area contributed by atoms with Gasteiger partial charge < -0.3 is 9.53 Å². The quantitative estimate of drug-likeness (QED) is 0.334. The highest BCUT2D eigenvalue weighted by molar-refractivity contribution is 5.83. The van der Waals surface area contributed by atoms with Crippen molar-refractivity contribution >= 4 is 12.3 Å². The van der Waals surface area contributed by atoms with Gasteiger partial charge in [-0.1, -0.05) is 6.92 Å². The Morgan fingerprint density at radius 2 is 2.30 bits per heavy atom. The lowest BCUT2D eigenvalue weighted by Crippen LogP contribution is -2.13. The average Bonchev–Trinajstić information content (AvgIpc) is 1.88. The lowest BCUT2D eigenvalue weighted by atomic mass is 10.3. The first kappa shape index (κ1) is 9.14. The molecule has 0 rings (SSSR count). The highest BCUT2D eigenvalue weighted by Gasteiger charge is 2.05. The molecule has 0 aliphatic heterocycles. The molecule has 1 unspecified atom stereocenters. The van der Waals surface area contributed by atoms with Crippen LogP contribution >= 0.6 is 0 Å². The molecule has 0 heterocycles. The Kier molecular flexibility index (Phi) is 4.54. The summed E-state index contributed by atoms with van der Waals surface area (Å²) in [6.45, 7) is 3.71.